The van der Waals surface area contributed by atoms with Gasteiger partial charge in [0, 0.05) is 18.1 Å². The summed E-state index contributed by atoms with van der Waals surface area (Å²) in [5, 5.41) is 5.48. The zero-order valence-electron chi connectivity index (χ0n) is 12.7. The smallest absolute Gasteiger partial charge is 0.239 e. The zero-order chi connectivity index (χ0) is 15.2. The molecule has 0 saturated heterocycles. The van der Waals surface area contributed by atoms with E-state index in [1.165, 1.54) is 0 Å². The van der Waals surface area contributed by atoms with Gasteiger partial charge >= 0.3 is 0 Å². The van der Waals surface area contributed by atoms with Crippen molar-refractivity contribution in [3.63, 3.8) is 0 Å². The predicted octanol–water partition coefficient (Wildman–Crippen LogP) is 0.161. The fraction of sp³-hybridized carbons (Fsp3) is 0.857. The number of rotatable bonds is 8. The molecule has 2 unspecified atom stereocenters. The minimum atomic E-state index is -0.321. The van der Waals surface area contributed by atoms with Gasteiger partial charge in [-0.15, -0.1) is 0 Å². The molecule has 20 heavy (non-hydrogen) atoms. The Labute approximate surface area is 120 Å². The molecule has 0 aromatic carbocycles. The second kappa shape index (κ2) is 7.59. The molecule has 4 N–H and O–H groups in total. The van der Waals surface area contributed by atoms with Crippen LogP contribution in [0.3, 0.4) is 0 Å². The molecule has 1 rings (SSSR count). The van der Waals surface area contributed by atoms with Crippen molar-refractivity contribution in [2.75, 3.05) is 19.7 Å². The first kappa shape index (κ1) is 16.9. The average Bonchev–Trinajstić information content (AvgIpc) is 2.45. The molecule has 0 radical (unpaired) electrons. The quantitative estimate of drug-likeness (QED) is 0.592. The van der Waals surface area contributed by atoms with Gasteiger partial charge in [-0.05, 0) is 26.2 Å². The molecular formula is C14H27N3O3. The Morgan fingerprint density at radius 1 is 1.25 bits per heavy atom. The third-order valence-electron chi connectivity index (χ3n) is 4.44. The van der Waals surface area contributed by atoms with Crippen LogP contribution < -0.4 is 16.4 Å². The van der Waals surface area contributed by atoms with Crippen molar-refractivity contribution in [3.8, 4) is 0 Å². The third-order valence-corrected chi connectivity index (χ3v) is 4.44. The highest BCUT2D eigenvalue weighted by Gasteiger charge is 2.53. The Kier molecular flexibility index (Phi) is 6.42. The van der Waals surface area contributed by atoms with E-state index in [0.717, 1.165) is 19.3 Å². The van der Waals surface area contributed by atoms with Crippen LogP contribution in [0.25, 0.3) is 0 Å². The van der Waals surface area contributed by atoms with Crippen molar-refractivity contribution >= 4 is 11.8 Å². The molecule has 1 aliphatic rings. The van der Waals surface area contributed by atoms with Gasteiger partial charge in [-0.3, -0.25) is 9.59 Å². The lowest BCUT2D eigenvalue weighted by atomic mass is 9.58. The van der Waals surface area contributed by atoms with Gasteiger partial charge in [-0.25, -0.2) is 0 Å². The molecular weight excluding hydrogens is 258 g/mol. The van der Waals surface area contributed by atoms with Crippen LogP contribution in [-0.2, 0) is 14.3 Å². The summed E-state index contributed by atoms with van der Waals surface area (Å²) < 4.78 is 5.77. The molecule has 1 saturated carbocycles. The highest BCUT2D eigenvalue weighted by molar-refractivity contribution is 5.85. The monoisotopic (exact) mass is 285 g/mol. The lowest BCUT2D eigenvalue weighted by molar-refractivity contribution is -0.148. The van der Waals surface area contributed by atoms with Crippen molar-refractivity contribution < 1.29 is 14.3 Å². The van der Waals surface area contributed by atoms with Gasteiger partial charge < -0.3 is 21.1 Å². The minimum Gasteiger partial charge on any atom is -0.378 e. The highest BCUT2D eigenvalue weighted by atomic mass is 16.5. The largest absolute Gasteiger partial charge is 0.378 e. The average molecular weight is 285 g/mol. The minimum absolute atomic E-state index is 0.0174. The van der Waals surface area contributed by atoms with Crippen LogP contribution in [0.5, 0.6) is 0 Å². The zero-order valence-corrected chi connectivity index (χ0v) is 12.7. The van der Waals surface area contributed by atoms with Crippen LogP contribution in [0.4, 0.5) is 0 Å². The van der Waals surface area contributed by atoms with E-state index >= 15 is 0 Å². The van der Waals surface area contributed by atoms with E-state index in [9.17, 15) is 9.59 Å². The molecule has 0 bridgehead atoms. The van der Waals surface area contributed by atoms with Crippen LogP contribution >= 0.6 is 0 Å². The van der Waals surface area contributed by atoms with E-state index in [2.05, 4.69) is 24.5 Å². The number of amides is 2. The highest BCUT2D eigenvalue weighted by Crippen LogP contribution is 2.48. The lowest BCUT2D eigenvalue weighted by Gasteiger charge is -2.55. The molecule has 6 nitrogen and oxygen atoms in total. The van der Waals surface area contributed by atoms with Gasteiger partial charge in [-0.1, -0.05) is 13.8 Å². The number of carbonyl (C=O) groups excluding carboxylic acids is 2. The van der Waals surface area contributed by atoms with Gasteiger partial charge in [0.2, 0.25) is 11.8 Å². The summed E-state index contributed by atoms with van der Waals surface area (Å²) in [6.45, 7) is 6.82. The summed E-state index contributed by atoms with van der Waals surface area (Å²) in [6, 6.07) is 0.122. The van der Waals surface area contributed by atoms with Crippen LogP contribution in [-0.4, -0.2) is 43.7 Å². The van der Waals surface area contributed by atoms with E-state index < -0.39 is 0 Å². The predicted molar refractivity (Wildman–Crippen MR) is 77.0 cm³/mol. The standard InChI is InChI=1S/C14H27N3O3/c1-4-14(5-2)10(7-11(14)20-6-3)17-13(19)9-16-12(18)8-15/h10-11H,4-9,15H2,1-3H3,(H,16,18)(H,17,19). The third kappa shape index (κ3) is 3.49. The Morgan fingerprint density at radius 2 is 1.90 bits per heavy atom. The van der Waals surface area contributed by atoms with E-state index in [4.69, 9.17) is 10.5 Å². The molecule has 1 fully saturated rings. The van der Waals surface area contributed by atoms with Gasteiger partial charge in [0.15, 0.2) is 0 Å². The summed E-state index contributed by atoms with van der Waals surface area (Å²) in [4.78, 5) is 22.9. The van der Waals surface area contributed by atoms with Crippen molar-refractivity contribution in [3.05, 3.63) is 0 Å². The summed E-state index contributed by atoms with van der Waals surface area (Å²) in [5.41, 5.74) is 5.19. The number of ether oxygens (including phenoxy) is 1. The van der Waals surface area contributed by atoms with Crippen molar-refractivity contribution in [1.82, 2.24) is 10.6 Å². The van der Waals surface area contributed by atoms with Crippen LogP contribution in [0.15, 0.2) is 0 Å². The first-order chi connectivity index (χ1) is 9.53. The van der Waals surface area contributed by atoms with E-state index in [0.29, 0.717) is 6.61 Å². The van der Waals surface area contributed by atoms with Crippen LogP contribution in [0, 0.1) is 5.41 Å². The molecule has 1 aliphatic carbocycles. The van der Waals surface area contributed by atoms with E-state index in [1.807, 2.05) is 6.92 Å². The maximum Gasteiger partial charge on any atom is 0.239 e. The topological polar surface area (TPSA) is 93.5 Å². The number of nitrogens with one attached hydrogen (secondary N) is 2. The maximum absolute atomic E-state index is 11.8. The second-order valence-corrected chi connectivity index (χ2v) is 5.22. The fourth-order valence-corrected chi connectivity index (χ4v) is 3.08. The first-order valence-electron chi connectivity index (χ1n) is 7.41. The van der Waals surface area contributed by atoms with Gasteiger partial charge in [0.1, 0.15) is 0 Å². The van der Waals surface area contributed by atoms with E-state index in [-0.39, 0.29) is 42.5 Å². The maximum atomic E-state index is 11.8. The van der Waals surface area contributed by atoms with Crippen LogP contribution in [0.2, 0.25) is 0 Å². The molecule has 6 heteroatoms. The Morgan fingerprint density at radius 3 is 2.40 bits per heavy atom. The Balaban J connectivity index is 2.51. The number of nitrogens with two attached hydrogens (primary N) is 1. The van der Waals surface area contributed by atoms with Gasteiger partial charge in [-0.2, -0.15) is 0 Å². The summed E-state index contributed by atoms with van der Waals surface area (Å²) in [7, 11) is 0. The molecule has 2 atom stereocenters. The lowest BCUT2D eigenvalue weighted by Crippen LogP contribution is -2.65. The number of hydrogen-bond acceptors (Lipinski definition) is 4. The SMILES string of the molecule is CCOC1CC(NC(=O)CNC(=O)CN)C1(CC)CC. The summed E-state index contributed by atoms with van der Waals surface area (Å²) in [6.07, 6.45) is 2.99. The summed E-state index contributed by atoms with van der Waals surface area (Å²) >= 11 is 0. The van der Waals surface area contributed by atoms with Gasteiger partial charge in [0.05, 0.1) is 19.2 Å². The summed E-state index contributed by atoms with van der Waals surface area (Å²) in [5.74, 6) is -0.490. The molecule has 0 spiro atoms. The Hall–Kier alpha value is -1.14. The van der Waals surface area contributed by atoms with Crippen LogP contribution in [0.1, 0.15) is 40.0 Å². The second-order valence-electron chi connectivity index (χ2n) is 5.22. The molecule has 116 valence electrons. The van der Waals surface area contributed by atoms with Crippen molar-refractivity contribution in [1.29, 1.82) is 0 Å². The van der Waals surface area contributed by atoms with Gasteiger partial charge in [0.25, 0.3) is 0 Å². The van der Waals surface area contributed by atoms with Crippen molar-refractivity contribution in [2.45, 2.75) is 52.2 Å². The molecule has 0 aliphatic heterocycles. The van der Waals surface area contributed by atoms with Crippen molar-refractivity contribution in [2.24, 2.45) is 11.1 Å². The first-order valence-corrected chi connectivity index (χ1v) is 7.41. The fourth-order valence-electron chi connectivity index (χ4n) is 3.08. The molecule has 0 aromatic rings. The molecule has 2 amide bonds. The number of hydrogen-bond donors (Lipinski definition) is 3. The Bertz CT molecular complexity index is 343. The number of carbonyl (C=O) groups is 2. The molecule has 0 heterocycles. The van der Waals surface area contributed by atoms with E-state index in [1.54, 1.807) is 0 Å². The molecule has 0 aromatic heterocycles. The normalized spacial score (nSPS) is 23.8.